The van der Waals surface area contributed by atoms with Gasteiger partial charge in [-0.05, 0) is 149 Å². The SMILES string of the molecule is COc1ccc(C(=O)Cl)cc1.COc1ccc(C(=O)NCc2ccc(N)cc2)cc1.COc1ccc(C(=O)NCc2ccc(NC3=NCCN3)cc2)cc1.ClC1=NCCN1.NCc1ccc(N)cc1.O=S(=O)(O)O. The first-order valence-corrected chi connectivity index (χ1v) is 24.4. The van der Waals surface area contributed by atoms with Gasteiger partial charge in [0, 0.05) is 66.5 Å². The lowest BCUT2D eigenvalue weighted by Crippen LogP contribution is -2.26. The summed E-state index contributed by atoms with van der Waals surface area (Å²) in [6.07, 6.45) is 0. The van der Waals surface area contributed by atoms with Gasteiger partial charge in [0.15, 0.2) is 11.3 Å². The van der Waals surface area contributed by atoms with Crippen molar-refractivity contribution in [3.05, 3.63) is 179 Å². The highest BCUT2D eigenvalue weighted by Crippen LogP contribution is 2.15. The summed E-state index contributed by atoms with van der Waals surface area (Å²) >= 11 is 10.6. The zero-order chi connectivity index (χ0) is 54.3. The van der Waals surface area contributed by atoms with Crippen molar-refractivity contribution < 1.29 is 46.1 Å². The van der Waals surface area contributed by atoms with Crippen LogP contribution in [0.1, 0.15) is 47.8 Å². The minimum absolute atomic E-state index is 0.107. The summed E-state index contributed by atoms with van der Waals surface area (Å²) in [7, 11) is 0.0939. The Kier molecular flexibility index (Phi) is 26.9. The van der Waals surface area contributed by atoms with Crippen molar-refractivity contribution in [1.82, 2.24) is 21.3 Å². The van der Waals surface area contributed by atoms with Gasteiger partial charge in [-0.3, -0.25) is 33.5 Å². The highest BCUT2D eigenvalue weighted by atomic mass is 35.5. The molecule has 0 saturated heterocycles. The molecule has 0 fully saturated rings. The van der Waals surface area contributed by atoms with Crippen molar-refractivity contribution in [1.29, 1.82) is 0 Å². The Hall–Kier alpha value is -7.92. The first kappa shape index (κ1) is 60.4. The van der Waals surface area contributed by atoms with Crippen LogP contribution in [0.3, 0.4) is 0 Å². The Morgan fingerprint density at radius 1 is 0.581 bits per heavy atom. The third-order valence-corrected chi connectivity index (χ3v) is 10.1. The molecule has 20 nitrogen and oxygen atoms in total. The molecular formula is C51H60Cl2N10O10S. The minimum atomic E-state index is -4.67. The van der Waals surface area contributed by atoms with Crippen LogP contribution in [0.4, 0.5) is 17.1 Å². The Bertz CT molecular complexity index is 2800. The molecule has 0 unspecified atom stereocenters. The second-order valence-electron chi connectivity index (χ2n) is 15.0. The number of nitrogen functional groups attached to an aromatic ring is 2. The monoisotopic (exact) mass is 1070 g/mol. The van der Waals surface area contributed by atoms with Gasteiger partial charge in [0.05, 0.1) is 34.4 Å². The van der Waals surface area contributed by atoms with Gasteiger partial charge in [-0.25, -0.2) is 0 Å². The first-order valence-electron chi connectivity index (χ1n) is 22.2. The van der Waals surface area contributed by atoms with E-state index >= 15 is 0 Å². The molecule has 0 aromatic heterocycles. The zero-order valence-electron chi connectivity index (χ0n) is 40.8. The fourth-order valence-corrected chi connectivity index (χ4v) is 6.06. The van der Waals surface area contributed by atoms with Gasteiger partial charge in [-0.1, -0.05) is 36.4 Å². The molecule has 394 valence electrons. The molecule has 0 aliphatic carbocycles. The number of anilines is 3. The standard InChI is InChI=1S/C18H20N4O2.C15H16N2O2.C8H7ClO2.C7H10N2.C3H5ClN2.H2O4S/c1-24-16-8-4-14(5-9-16)17(23)21-12-13-2-6-15(7-3-13)22-18-19-10-11-20-18;1-19-14-8-4-12(5-9-14)15(18)17-10-11-2-6-13(16)7-3-11;1-11-7-4-2-6(3-5-7)8(9)10;8-5-6-1-3-7(9)4-2-6;4-3-5-1-2-6-3;1-5(2,3)4/h2-9H,10-12H2,1H3,(H,21,23)(H2,19,20,22);2-9H,10,16H2,1H3,(H,17,18);2-5H,1H3;1-4H,5,8-9H2;1-2H2,(H,5,6);(H2,1,2,3,4). The van der Waals surface area contributed by atoms with E-state index in [9.17, 15) is 14.4 Å². The molecule has 0 atom stereocenters. The van der Waals surface area contributed by atoms with E-state index in [0.29, 0.717) is 53.1 Å². The predicted octanol–water partition coefficient (Wildman–Crippen LogP) is 6.54. The number of aliphatic imine (C=N–C) groups is 2. The third kappa shape index (κ3) is 25.5. The Balaban J connectivity index is 0.000000255. The number of ether oxygens (including phenoxy) is 3. The number of hydrogen-bond donors (Lipinski definition) is 10. The number of hydrogen-bond acceptors (Lipinski definition) is 16. The quantitative estimate of drug-likeness (QED) is 0.0269. The van der Waals surface area contributed by atoms with Gasteiger partial charge < -0.3 is 58.0 Å². The summed E-state index contributed by atoms with van der Waals surface area (Å²) in [5, 5.41) is 15.1. The number of benzene rings is 6. The molecule has 74 heavy (non-hydrogen) atoms. The number of amides is 2. The van der Waals surface area contributed by atoms with Gasteiger partial charge in [-0.15, -0.1) is 0 Å². The fourth-order valence-electron chi connectivity index (χ4n) is 5.76. The average Bonchev–Trinajstić information content (AvgIpc) is 4.13. The molecule has 2 heterocycles. The molecule has 2 amide bonds. The number of halogens is 2. The minimum Gasteiger partial charge on any atom is -0.497 e. The van der Waals surface area contributed by atoms with Crippen LogP contribution in [-0.4, -0.2) is 93.3 Å². The number of carbonyl (C=O) groups excluding carboxylic acids is 3. The maximum absolute atomic E-state index is 12.1. The van der Waals surface area contributed by atoms with Gasteiger partial charge in [0.1, 0.15) is 17.2 Å². The largest absolute Gasteiger partial charge is 0.497 e. The maximum atomic E-state index is 12.1. The number of rotatable bonds is 12. The maximum Gasteiger partial charge on any atom is 0.394 e. The van der Waals surface area contributed by atoms with E-state index in [1.807, 2.05) is 72.8 Å². The second-order valence-corrected chi connectivity index (χ2v) is 16.6. The lowest BCUT2D eigenvalue weighted by molar-refractivity contribution is 0.0943. The third-order valence-electron chi connectivity index (χ3n) is 9.65. The van der Waals surface area contributed by atoms with E-state index in [0.717, 1.165) is 71.7 Å². The molecule has 0 saturated carbocycles. The van der Waals surface area contributed by atoms with Crippen molar-refractivity contribution in [3.63, 3.8) is 0 Å². The van der Waals surface area contributed by atoms with Crippen LogP contribution >= 0.6 is 23.2 Å². The summed E-state index contributed by atoms with van der Waals surface area (Å²) in [5.74, 6) is 2.76. The molecule has 6 aromatic carbocycles. The lowest BCUT2D eigenvalue weighted by atomic mass is 10.1. The molecule has 2 aliphatic rings. The topological polar surface area (TPSA) is 316 Å². The van der Waals surface area contributed by atoms with Crippen molar-refractivity contribution >= 4 is 79.0 Å². The summed E-state index contributed by atoms with van der Waals surface area (Å²) in [6.45, 7) is 4.95. The molecular weight excluding hydrogens is 1020 g/mol. The van der Waals surface area contributed by atoms with Crippen molar-refractivity contribution in [2.24, 2.45) is 15.7 Å². The summed E-state index contributed by atoms with van der Waals surface area (Å²) in [6, 6.07) is 43.5. The fraction of sp³-hybridized carbons (Fsp3) is 0.196. The highest BCUT2D eigenvalue weighted by Gasteiger charge is 2.08. The van der Waals surface area contributed by atoms with E-state index in [2.05, 4.69) is 36.6 Å². The average molecular weight is 1080 g/mol. The molecule has 2 aliphatic heterocycles. The van der Waals surface area contributed by atoms with Crippen LogP contribution < -0.4 is 58.0 Å². The van der Waals surface area contributed by atoms with Crippen LogP contribution in [0.2, 0.25) is 0 Å². The molecule has 6 aromatic rings. The van der Waals surface area contributed by atoms with E-state index < -0.39 is 15.6 Å². The van der Waals surface area contributed by atoms with Crippen molar-refractivity contribution in [3.8, 4) is 17.2 Å². The van der Waals surface area contributed by atoms with Crippen molar-refractivity contribution in [2.75, 3.05) is 64.3 Å². The van der Waals surface area contributed by atoms with Crippen LogP contribution in [0.5, 0.6) is 17.2 Å². The smallest absolute Gasteiger partial charge is 0.394 e. The van der Waals surface area contributed by atoms with Gasteiger partial charge in [-0.2, -0.15) is 8.42 Å². The molecule has 0 spiro atoms. The van der Waals surface area contributed by atoms with E-state index in [1.54, 1.807) is 94.1 Å². The van der Waals surface area contributed by atoms with Gasteiger partial charge in [0.2, 0.25) is 0 Å². The van der Waals surface area contributed by atoms with E-state index in [1.165, 1.54) is 0 Å². The van der Waals surface area contributed by atoms with Crippen LogP contribution in [0.15, 0.2) is 156 Å². The Morgan fingerprint density at radius 2 is 0.946 bits per heavy atom. The summed E-state index contributed by atoms with van der Waals surface area (Å²) < 4.78 is 46.6. The number of guanidine groups is 1. The molecule has 8 rings (SSSR count). The van der Waals surface area contributed by atoms with Crippen LogP contribution in [-0.2, 0) is 30.0 Å². The summed E-state index contributed by atoms with van der Waals surface area (Å²) in [5.41, 5.74) is 23.7. The van der Waals surface area contributed by atoms with Crippen LogP contribution in [0, 0.1) is 0 Å². The zero-order valence-corrected chi connectivity index (χ0v) is 43.1. The molecule has 23 heteroatoms. The molecule has 0 bridgehead atoms. The number of carbonyl (C=O) groups is 3. The lowest BCUT2D eigenvalue weighted by Gasteiger charge is -2.09. The number of nitrogens with one attached hydrogen (secondary N) is 5. The number of nitrogens with zero attached hydrogens (tertiary/aromatic N) is 2. The molecule has 0 radical (unpaired) electrons. The Morgan fingerprint density at radius 3 is 1.26 bits per heavy atom. The van der Waals surface area contributed by atoms with E-state index in [4.69, 9.17) is 72.1 Å². The van der Waals surface area contributed by atoms with Crippen molar-refractivity contribution in [2.45, 2.75) is 19.6 Å². The first-order chi connectivity index (χ1) is 35.4. The Labute approximate surface area is 440 Å². The number of amidine groups is 1. The number of nitrogens with two attached hydrogens (primary N) is 3. The highest BCUT2D eigenvalue weighted by molar-refractivity contribution is 7.79. The molecule has 13 N–H and O–H groups in total. The normalized spacial score (nSPS) is 11.7. The van der Waals surface area contributed by atoms with Gasteiger partial charge in [0.25, 0.3) is 17.1 Å². The number of methoxy groups -OCH3 is 3. The predicted molar refractivity (Wildman–Crippen MR) is 292 cm³/mol. The van der Waals surface area contributed by atoms with E-state index in [-0.39, 0.29) is 11.8 Å². The van der Waals surface area contributed by atoms with Gasteiger partial charge >= 0.3 is 10.4 Å². The second kappa shape index (κ2) is 32.9. The van der Waals surface area contributed by atoms with Crippen LogP contribution in [0.25, 0.3) is 0 Å². The summed E-state index contributed by atoms with van der Waals surface area (Å²) in [4.78, 5) is 42.7.